The Bertz CT molecular complexity index is 483. The molecule has 1 fully saturated rings. The van der Waals surface area contributed by atoms with E-state index in [0.717, 1.165) is 5.56 Å². The number of aromatic nitrogens is 2. The Morgan fingerprint density at radius 3 is 2.84 bits per heavy atom. The fraction of sp³-hybridized carbons (Fsp3) is 0.692. The van der Waals surface area contributed by atoms with E-state index in [-0.39, 0.29) is 17.4 Å². The first-order valence-electron chi connectivity index (χ1n) is 6.55. The van der Waals surface area contributed by atoms with Gasteiger partial charge >= 0.3 is 0 Å². The van der Waals surface area contributed by atoms with E-state index in [1.54, 1.807) is 6.20 Å². The van der Waals surface area contributed by atoms with Crippen molar-refractivity contribution in [2.75, 3.05) is 11.9 Å². The first-order valence-corrected chi connectivity index (χ1v) is 6.55. The molecule has 0 saturated heterocycles. The van der Waals surface area contributed by atoms with Gasteiger partial charge in [0, 0.05) is 24.0 Å². The van der Waals surface area contributed by atoms with Crippen molar-refractivity contribution in [1.29, 1.82) is 0 Å². The van der Waals surface area contributed by atoms with Crippen molar-refractivity contribution in [2.45, 2.75) is 45.8 Å². The van der Waals surface area contributed by atoms with Crippen molar-refractivity contribution in [1.82, 2.24) is 10.2 Å². The maximum atomic E-state index is 12.4. The average Bonchev–Trinajstić information content (AvgIpc) is 2.74. The quantitative estimate of drug-likeness (QED) is 0.763. The van der Waals surface area contributed by atoms with Crippen LogP contribution < -0.4 is 11.1 Å². The number of nitrogens with one attached hydrogen (secondary N) is 2. The third-order valence-electron chi connectivity index (χ3n) is 4.30. The molecule has 6 nitrogen and oxygen atoms in total. The Morgan fingerprint density at radius 2 is 2.37 bits per heavy atom. The van der Waals surface area contributed by atoms with Crippen LogP contribution in [0.3, 0.4) is 0 Å². The predicted octanol–water partition coefficient (Wildman–Crippen LogP) is 1.19. The summed E-state index contributed by atoms with van der Waals surface area (Å²) >= 11 is 0. The Hall–Kier alpha value is -1.40. The smallest absolute Gasteiger partial charge is 0.246 e. The minimum absolute atomic E-state index is 0.0242. The van der Waals surface area contributed by atoms with Gasteiger partial charge in [-0.3, -0.25) is 9.89 Å². The van der Waals surface area contributed by atoms with Gasteiger partial charge in [0.1, 0.15) is 11.4 Å². The van der Waals surface area contributed by atoms with E-state index in [9.17, 15) is 4.79 Å². The zero-order valence-electron chi connectivity index (χ0n) is 11.9. The summed E-state index contributed by atoms with van der Waals surface area (Å²) in [7, 11) is 0. The zero-order chi connectivity index (χ0) is 14.3. The highest BCUT2D eigenvalue weighted by molar-refractivity contribution is 5.99. The van der Waals surface area contributed by atoms with Gasteiger partial charge in [-0.15, -0.1) is 0 Å². The largest absolute Gasteiger partial charge is 0.378 e. The molecule has 0 aromatic carbocycles. The van der Waals surface area contributed by atoms with Gasteiger partial charge in [0.05, 0.1) is 12.3 Å². The lowest BCUT2D eigenvalue weighted by atomic mass is 9.54. The average molecular weight is 266 g/mol. The number of amides is 1. The zero-order valence-corrected chi connectivity index (χ0v) is 11.9. The molecule has 1 amide bonds. The molecule has 4 N–H and O–H groups in total. The molecular weight excluding hydrogens is 244 g/mol. The van der Waals surface area contributed by atoms with Crippen LogP contribution in [-0.2, 0) is 9.53 Å². The number of aryl methyl sites for hydroxylation is 1. The van der Waals surface area contributed by atoms with E-state index in [4.69, 9.17) is 10.5 Å². The topological polar surface area (TPSA) is 93.0 Å². The molecule has 2 rings (SSSR count). The molecule has 0 bridgehead atoms. The number of carbonyl (C=O) groups is 1. The molecule has 1 saturated carbocycles. The summed E-state index contributed by atoms with van der Waals surface area (Å²) in [5.74, 6) is 0.409. The van der Waals surface area contributed by atoms with Crippen molar-refractivity contribution in [3.63, 3.8) is 0 Å². The normalized spacial score (nSPS) is 28.8. The molecule has 1 aliphatic carbocycles. The fourth-order valence-electron chi connectivity index (χ4n) is 2.52. The lowest BCUT2D eigenvalue weighted by molar-refractivity contribution is -0.166. The first kappa shape index (κ1) is 14.0. The fourth-order valence-corrected chi connectivity index (χ4v) is 2.52. The molecule has 1 heterocycles. The molecule has 6 heteroatoms. The Balaban J connectivity index is 2.10. The maximum Gasteiger partial charge on any atom is 0.246 e. The van der Waals surface area contributed by atoms with Crippen molar-refractivity contribution in [3.05, 3.63) is 11.8 Å². The summed E-state index contributed by atoms with van der Waals surface area (Å²) in [4.78, 5) is 12.4. The van der Waals surface area contributed by atoms with Crippen LogP contribution in [0.25, 0.3) is 0 Å². The van der Waals surface area contributed by atoms with Crippen LogP contribution in [0.2, 0.25) is 0 Å². The summed E-state index contributed by atoms with van der Waals surface area (Å²) < 4.78 is 5.62. The number of hydrogen-bond donors (Lipinski definition) is 3. The molecule has 0 aliphatic heterocycles. The SMILES string of the molecule is CCOC1CC(N)(C(=O)Nc2[nH]ncc2C)C1(C)C. The van der Waals surface area contributed by atoms with Crippen LogP contribution >= 0.6 is 0 Å². The third-order valence-corrected chi connectivity index (χ3v) is 4.30. The van der Waals surface area contributed by atoms with Gasteiger partial charge in [-0.25, -0.2) is 0 Å². The van der Waals surface area contributed by atoms with E-state index >= 15 is 0 Å². The minimum atomic E-state index is -0.912. The second-order valence-corrected chi connectivity index (χ2v) is 5.72. The van der Waals surface area contributed by atoms with E-state index in [2.05, 4.69) is 15.5 Å². The van der Waals surface area contributed by atoms with Gasteiger partial charge in [-0.05, 0) is 13.8 Å². The van der Waals surface area contributed by atoms with E-state index < -0.39 is 5.54 Å². The molecule has 2 unspecified atom stereocenters. The molecule has 2 atom stereocenters. The molecule has 106 valence electrons. The van der Waals surface area contributed by atoms with Gasteiger partial charge in [-0.1, -0.05) is 13.8 Å². The molecule has 1 aromatic heterocycles. The van der Waals surface area contributed by atoms with Crippen LogP contribution in [-0.4, -0.2) is 34.4 Å². The molecule has 1 aliphatic rings. The molecule has 0 spiro atoms. The van der Waals surface area contributed by atoms with Crippen molar-refractivity contribution in [3.8, 4) is 0 Å². The number of anilines is 1. The summed E-state index contributed by atoms with van der Waals surface area (Å²) in [6.07, 6.45) is 2.22. The Morgan fingerprint density at radius 1 is 1.68 bits per heavy atom. The van der Waals surface area contributed by atoms with Crippen LogP contribution in [0.15, 0.2) is 6.20 Å². The minimum Gasteiger partial charge on any atom is -0.378 e. The van der Waals surface area contributed by atoms with Crippen molar-refractivity contribution in [2.24, 2.45) is 11.1 Å². The van der Waals surface area contributed by atoms with Crippen molar-refractivity contribution < 1.29 is 9.53 Å². The van der Waals surface area contributed by atoms with Crippen LogP contribution in [0.4, 0.5) is 5.82 Å². The number of aromatic amines is 1. The van der Waals surface area contributed by atoms with Gasteiger partial charge < -0.3 is 15.8 Å². The number of nitrogens with zero attached hydrogens (tertiary/aromatic N) is 1. The number of hydrogen-bond acceptors (Lipinski definition) is 4. The summed E-state index contributed by atoms with van der Waals surface area (Å²) in [5.41, 5.74) is 5.87. The predicted molar refractivity (Wildman–Crippen MR) is 72.7 cm³/mol. The van der Waals surface area contributed by atoms with Gasteiger partial charge in [0.15, 0.2) is 0 Å². The standard InChI is InChI=1S/C13H22N4O2/c1-5-19-9-6-13(14,12(9,3)4)11(18)16-10-8(2)7-15-17-10/h7,9H,5-6,14H2,1-4H3,(H2,15,16,17,18). The first-order chi connectivity index (χ1) is 8.83. The number of ether oxygens (including phenoxy) is 1. The number of nitrogens with two attached hydrogens (primary N) is 1. The summed E-state index contributed by atoms with van der Waals surface area (Å²) in [5, 5.41) is 9.44. The van der Waals surface area contributed by atoms with Gasteiger partial charge in [0.25, 0.3) is 0 Å². The van der Waals surface area contributed by atoms with Crippen LogP contribution in [0, 0.1) is 12.3 Å². The van der Waals surface area contributed by atoms with Crippen LogP contribution in [0.1, 0.15) is 32.8 Å². The monoisotopic (exact) mass is 266 g/mol. The highest BCUT2D eigenvalue weighted by Gasteiger charge is 2.62. The second kappa shape index (κ2) is 4.61. The van der Waals surface area contributed by atoms with E-state index in [1.165, 1.54) is 0 Å². The van der Waals surface area contributed by atoms with E-state index in [1.807, 2.05) is 27.7 Å². The lowest BCUT2D eigenvalue weighted by Crippen LogP contribution is -2.74. The Kier molecular flexibility index (Phi) is 3.40. The summed E-state index contributed by atoms with van der Waals surface area (Å²) in [6.45, 7) is 8.38. The van der Waals surface area contributed by atoms with Gasteiger partial charge in [-0.2, -0.15) is 5.10 Å². The van der Waals surface area contributed by atoms with Crippen LogP contribution in [0.5, 0.6) is 0 Å². The lowest BCUT2D eigenvalue weighted by Gasteiger charge is -2.57. The summed E-state index contributed by atoms with van der Waals surface area (Å²) in [6, 6.07) is 0. The number of H-pyrrole nitrogens is 1. The molecule has 19 heavy (non-hydrogen) atoms. The highest BCUT2D eigenvalue weighted by Crippen LogP contribution is 2.50. The number of carbonyl (C=O) groups excluding carboxylic acids is 1. The molecule has 0 radical (unpaired) electrons. The number of rotatable bonds is 4. The highest BCUT2D eigenvalue weighted by atomic mass is 16.5. The van der Waals surface area contributed by atoms with Gasteiger partial charge in [0.2, 0.25) is 5.91 Å². The van der Waals surface area contributed by atoms with Crippen molar-refractivity contribution >= 4 is 11.7 Å². The Labute approximate surface area is 113 Å². The maximum absolute atomic E-state index is 12.4. The van der Waals surface area contributed by atoms with E-state index in [0.29, 0.717) is 18.8 Å². The third kappa shape index (κ3) is 2.04. The second-order valence-electron chi connectivity index (χ2n) is 5.72. The molecule has 1 aromatic rings. The molecular formula is C13H22N4O2.